The summed E-state index contributed by atoms with van der Waals surface area (Å²) in [5.41, 5.74) is 1.28. The van der Waals surface area contributed by atoms with E-state index in [2.05, 4.69) is 16.9 Å². The van der Waals surface area contributed by atoms with Crippen molar-refractivity contribution in [1.29, 1.82) is 0 Å². The fraction of sp³-hybridized carbons (Fsp3) is 0.545. The van der Waals surface area contributed by atoms with Crippen LogP contribution in [0.1, 0.15) is 18.4 Å². The third-order valence-corrected chi connectivity index (χ3v) is 2.15. The van der Waals surface area contributed by atoms with Gasteiger partial charge in [-0.15, -0.1) is 0 Å². The Kier molecular flexibility index (Phi) is 5.19. The Morgan fingerprint density at radius 1 is 1.29 bits per heavy atom. The maximum atomic E-state index is 8.64. The van der Waals surface area contributed by atoms with Crippen molar-refractivity contribution in [3.8, 4) is 0 Å². The predicted molar refractivity (Wildman–Crippen MR) is 56.9 cm³/mol. The van der Waals surface area contributed by atoms with Crippen LogP contribution in [0, 0.1) is 0 Å². The third kappa shape index (κ3) is 4.35. The first-order chi connectivity index (χ1) is 6.83. The van der Waals surface area contributed by atoms with Gasteiger partial charge in [-0.1, -0.05) is 0 Å². The Balaban J connectivity index is 2.23. The number of aliphatic hydroxyl groups is 1. The summed E-state index contributed by atoms with van der Waals surface area (Å²) >= 11 is 0. The molecular weight excluding hydrogens is 176 g/mol. The van der Waals surface area contributed by atoms with Crippen molar-refractivity contribution < 1.29 is 5.11 Å². The summed E-state index contributed by atoms with van der Waals surface area (Å²) in [6.45, 7) is 2.28. The molecule has 14 heavy (non-hydrogen) atoms. The molecule has 1 N–H and O–H groups in total. The van der Waals surface area contributed by atoms with Crippen molar-refractivity contribution in [2.24, 2.45) is 0 Å². The van der Waals surface area contributed by atoms with Crippen molar-refractivity contribution >= 4 is 0 Å². The van der Waals surface area contributed by atoms with Gasteiger partial charge in [0, 0.05) is 25.5 Å². The molecule has 0 aliphatic rings. The Bertz CT molecular complexity index is 238. The first-order valence-electron chi connectivity index (χ1n) is 5.01. The van der Waals surface area contributed by atoms with Crippen molar-refractivity contribution in [2.45, 2.75) is 19.4 Å². The molecule has 0 saturated carbocycles. The molecular formula is C11H18N2O. The van der Waals surface area contributed by atoms with Crippen molar-refractivity contribution in [3.63, 3.8) is 0 Å². The molecule has 0 fully saturated rings. The van der Waals surface area contributed by atoms with E-state index in [0.29, 0.717) is 6.61 Å². The standard InChI is InChI=1S/C11H18N2O/c1-13(8-2-3-9-14)10-11-4-6-12-7-5-11/h4-7,14H,2-3,8-10H2,1H3. The average Bonchev–Trinajstić information content (AvgIpc) is 2.20. The van der Waals surface area contributed by atoms with E-state index in [4.69, 9.17) is 5.11 Å². The summed E-state index contributed by atoms with van der Waals surface area (Å²) in [5, 5.41) is 8.64. The molecule has 0 spiro atoms. The number of nitrogens with zero attached hydrogens (tertiary/aromatic N) is 2. The molecule has 0 unspecified atom stereocenters. The van der Waals surface area contributed by atoms with Crippen molar-refractivity contribution in [2.75, 3.05) is 20.2 Å². The highest BCUT2D eigenvalue weighted by Crippen LogP contribution is 2.02. The zero-order valence-electron chi connectivity index (χ0n) is 8.69. The van der Waals surface area contributed by atoms with Crippen LogP contribution < -0.4 is 0 Å². The molecule has 3 heteroatoms. The lowest BCUT2D eigenvalue weighted by molar-refractivity contribution is 0.261. The molecule has 0 saturated heterocycles. The second-order valence-electron chi connectivity index (χ2n) is 3.52. The quantitative estimate of drug-likeness (QED) is 0.693. The van der Waals surface area contributed by atoms with E-state index in [1.54, 1.807) is 0 Å². The minimum absolute atomic E-state index is 0.295. The zero-order chi connectivity index (χ0) is 10.2. The Hall–Kier alpha value is -0.930. The normalized spacial score (nSPS) is 10.8. The maximum Gasteiger partial charge on any atom is 0.0431 e. The van der Waals surface area contributed by atoms with Gasteiger partial charge in [-0.3, -0.25) is 4.98 Å². The van der Waals surface area contributed by atoms with Gasteiger partial charge in [-0.25, -0.2) is 0 Å². The predicted octanol–water partition coefficient (Wildman–Crippen LogP) is 1.29. The van der Waals surface area contributed by atoms with E-state index in [1.807, 2.05) is 24.5 Å². The second-order valence-corrected chi connectivity index (χ2v) is 3.52. The van der Waals surface area contributed by atoms with Crippen LogP contribution >= 0.6 is 0 Å². The number of hydrogen-bond acceptors (Lipinski definition) is 3. The minimum Gasteiger partial charge on any atom is -0.396 e. The van der Waals surface area contributed by atoms with Crippen molar-refractivity contribution in [3.05, 3.63) is 30.1 Å². The van der Waals surface area contributed by atoms with E-state index in [9.17, 15) is 0 Å². The fourth-order valence-corrected chi connectivity index (χ4v) is 1.37. The SMILES string of the molecule is CN(CCCCO)Cc1ccncc1. The molecule has 78 valence electrons. The van der Waals surface area contributed by atoms with E-state index in [1.165, 1.54) is 5.56 Å². The van der Waals surface area contributed by atoms with E-state index in [0.717, 1.165) is 25.9 Å². The molecule has 0 amide bonds. The Labute approximate surface area is 85.4 Å². The van der Waals surface area contributed by atoms with Crippen molar-refractivity contribution in [1.82, 2.24) is 9.88 Å². The van der Waals surface area contributed by atoms with Gasteiger partial charge in [-0.2, -0.15) is 0 Å². The smallest absolute Gasteiger partial charge is 0.0431 e. The number of aromatic nitrogens is 1. The van der Waals surface area contributed by atoms with Crippen LogP contribution in [-0.4, -0.2) is 35.2 Å². The average molecular weight is 194 g/mol. The largest absolute Gasteiger partial charge is 0.396 e. The van der Waals surface area contributed by atoms with Crippen LogP contribution in [0.2, 0.25) is 0 Å². The summed E-state index contributed by atoms with van der Waals surface area (Å²) in [6, 6.07) is 4.06. The molecule has 0 atom stereocenters. The van der Waals surface area contributed by atoms with Gasteiger partial charge in [-0.05, 0) is 44.1 Å². The number of hydrogen-bond donors (Lipinski definition) is 1. The summed E-state index contributed by atoms with van der Waals surface area (Å²) in [4.78, 5) is 6.23. The van der Waals surface area contributed by atoms with Crippen LogP contribution in [0.15, 0.2) is 24.5 Å². The monoisotopic (exact) mass is 194 g/mol. The van der Waals surface area contributed by atoms with E-state index >= 15 is 0 Å². The Morgan fingerprint density at radius 3 is 2.64 bits per heavy atom. The molecule has 1 aromatic rings. The number of pyridine rings is 1. The highest BCUT2D eigenvalue weighted by Gasteiger charge is 1.98. The number of unbranched alkanes of at least 4 members (excludes halogenated alkanes) is 1. The first kappa shape index (κ1) is 11.1. The molecule has 1 rings (SSSR count). The lowest BCUT2D eigenvalue weighted by Crippen LogP contribution is -2.19. The van der Waals surface area contributed by atoms with Crippen LogP contribution in [0.4, 0.5) is 0 Å². The van der Waals surface area contributed by atoms with Gasteiger partial charge in [0.25, 0.3) is 0 Å². The molecule has 1 heterocycles. The zero-order valence-corrected chi connectivity index (χ0v) is 8.69. The van der Waals surface area contributed by atoms with Crippen LogP contribution in [0.25, 0.3) is 0 Å². The third-order valence-electron chi connectivity index (χ3n) is 2.15. The fourth-order valence-electron chi connectivity index (χ4n) is 1.37. The van der Waals surface area contributed by atoms with Crippen LogP contribution in [0.5, 0.6) is 0 Å². The summed E-state index contributed by atoms with van der Waals surface area (Å²) in [7, 11) is 2.10. The molecule has 3 nitrogen and oxygen atoms in total. The highest BCUT2D eigenvalue weighted by molar-refractivity contribution is 5.08. The van der Waals surface area contributed by atoms with Crippen LogP contribution in [0.3, 0.4) is 0 Å². The lowest BCUT2D eigenvalue weighted by atomic mass is 10.2. The molecule has 1 aromatic heterocycles. The summed E-state index contributed by atoms with van der Waals surface area (Å²) in [5.74, 6) is 0. The summed E-state index contributed by atoms with van der Waals surface area (Å²) in [6.07, 6.45) is 5.58. The van der Waals surface area contributed by atoms with Crippen LogP contribution in [-0.2, 0) is 6.54 Å². The van der Waals surface area contributed by atoms with Gasteiger partial charge in [0.2, 0.25) is 0 Å². The summed E-state index contributed by atoms with van der Waals surface area (Å²) < 4.78 is 0. The van der Waals surface area contributed by atoms with Gasteiger partial charge in [0.15, 0.2) is 0 Å². The van der Waals surface area contributed by atoms with Gasteiger partial charge >= 0.3 is 0 Å². The highest BCUT2D eigenvalue weighted by atomic mass is 16.2. The molecule has 0 radical (unpaired) electrons. The van der Waals surface area contributed by atoms with E-state index in [-0.39, 0.29) is 0 Å². The van der Waals surface area contributed by atoms with Gasteiger partial charge in [0.05, 0.1) is 0 Å². The maximum absolute atomic E-state index is 8.64. The minimum atomic E-state index is 0.295. The molecule has 0 bridgehead atoms. The molecule has 0 aliphatic heterocycles. The lowest BCUT2D eigenvalue weighted by Gasteiger charge is -2.15. The number of rotatable bonds is 6. The van der Waals surface area contributed by atoms with E-state index < -0.39 is 0 Å². The topological polar surface area (TPSA) is 36.4 Å². The Morgan fingerprint density at radius 2 is 2.00 bits per heavy atom. The molecule has 0 aromatic carbocycles. The van der Waals surface area contributed by atoms with Gasteiger partial charge < -0.3 is 10.0 Å². The second kappa shape index (κ2) is 6.51. The first-order valence-corrected chi connectivity index (χ1v) is 5.01. The molecule has 0 aliphatic carbocycles. The van der Waals surface area contributed by atoms with Gasteiger partial charge in [0.1, 0.15) is 0 Å². The number of aliphatic hydroxyl groups excluding tert-OH is 1.